The first-order valence-electron chi connectivity index (χ1n) is 22.5. The maximum Gasteiger partial charge on any atom is 0.332 e. The minimum absolute atomic E-state index is 0.234. The highest BCUT2D eigenvalue weighted by molar-refractivity contribution is 6.34. The third kappa shape index (κ3) is 8.89. The van der Waals surface area contributed by atoms with Gasteiger partial charge in [-0.15, -0.1) is 0 Å². The molecule has 4 aromatic carbocycles. The third-order valence-corrected chi connectivity index (χ3v) is 13.5. The fraction of sp³-hybridized carbons (Fsp3) is 0.412. The molecule has 4 fully saturated rings. The number of para-hydroxylation sites is 2. The Morgan fingerprint density at radius 1 is 0.562 bits per heavy atom. The van der Waals surface area contributed by atoms with Gasteiger partial charge in [-0.25, -0.2) is 9.59 Å². The van der Waals surface area contributed by atoms with Gasteiger partial charge in [0, 0.05) is 17.1 Å². The van der Waals surface area contributed by atoms with E-state index in [1.165, 1.54) is 0 Å². The molecule has 12 nitrogen and oxygen atoms in total. The molecule has 336 valence electrons. The molecule has 0 bridgehead atoms. The Kier molecular flexibility index (Phi) is 13.6. The number of imide groups is 2. The second-order valence-corrected chi connectivity index (χ2v) is 18.5. The third-order valence-electron chi connectivity index (χ3n) is 13.2. The summed E-state index contributed by atoms with van der Waals surface area (Å²) in [5.41, 5.74) is 5.82. The topological polar surface area (TPSA) is 139 Å². The number of anilines is 4. The van der Waals surface area contributed by atoms with Gasteiger partial charge in [-0.2, -0.15) is 0 Å². The highest BCUT2D eigenvalue weighted by atomic mass is 35.5. The number of benzene rings is 4. The van der Waals surface area contributed by atoms with Gasteiger partial charge in [0.05, 0.1) is 10.7 Å². The van der Waals surface area contributed by atoms with Crippen LogP contribution in [0.15, 0.2) is 84.9 Å². The van der Waals surface area contributed by atoms with E-state index < -0.39 is 29.0 Å². The Bertz CT molecular complexity index is 2420. The molecule has 2 saturated carbocycles. The van der Waals surface area contributed by atoms with Crippen LogP contribution in [0.4, 0.5) is 32.3 Å². The molecule has 8 amide bonds. The lowest BCUT2D eigenvalue weighted by Gasteiger charge is -2.38. The highest BCUT2D eigenvalue weighted by Crippen LogP contribution is 2.45. The van der Waals surface area contributed by atoms with Crippen molar-refractivity contribution >= 4 is 70.0 Å². The molecule has 8 rings (SSSR count). The molecule has 4 aromatic rings. The molecular formula is C51H59ClN6O6. The first-order chi connectivity index (χ1) is 30.6. The molecule has 4 aliphatic rings. The normalized spacial score (nSPS) is 17.9. The molecule has 64 heavy (non-hydrogen) atoms. The highest BCUT2D eigenvalue weighted by Gasteiger charge is 2.59. The minimum atomic E-state index is -0.912. The number of carbonyl (C=O) groups is 6. The molecule has 0 atom stereocenters. The molecule has 0 aromatic heterocycles. The number of rotatable bonds is 9. The SMILES string of the molecule is Cc1ccc(N2C(=O)N(CC(=O)Nc3c(C)cccc3C(C)C)C(=O)C23CCCCC3)cc1.Cc1ccc(N2C(=O)N(CC(=O)Nc3c(C)cccc3Cl)C(=O)C23CCCCC3)cc1. The Morgan fingerprint density at radius 2 is 0.953 bits per heavy atom. The van der Waals surface area contributed by atoms with E-state index >= 15 is 0 Å². The zero-order valence-corrected chi connectivity index (χ0v) is 38.5. The molecule has 13 heteroatoms. The maximum atomic E-state index is 13.7. The van der Waals surface area contributed by atoms with Crippen LogP contribution in [0.3, 0.4) is 0 Å². The smallest absolute Gasteiger partial charge is 0.324 e. The van der Waals surface area contributed by atoms with E-state index in [1.54, 1.807) is 21.9 Å². The molecular weight excluding hydrogens is 828 g/mol. The Balaban J connectivity index is 0.000000192. The van der Waals surface area contributed by atoms with Crippen molar-refractivity contribution in [1.29, 1.82) is 0 Å². The van der Waals surface area contributed by atoms with Gasteiger partial charge >= 0.3 is 12.1 Å². The average molecular weight is 888 g/mol. The summed E-state index contributed by atoms with van der Waals surface area (Å²) in [6, 6.07) is 25.7. The van der Waals surface area contributed by atoms with E-state index in [1.807, 2.05) is 100 Å². The van der Waals surface area contributed by atoms with Crippen molar-refractivity contribution in [3.05, 3.63) is 118 Å². The van der Waals surface area contributed by atoms with Crippen LogP contribution in [0.5, 0.6) is 0 Å². The summed E-state index contributed by atoms with van der Waals surface area (Å²) in [5.74, 6) is -1.11. The number of hydrogen-bond acceptors (Lipinski definition) is 6. The van der Waals surface area contributed by atoms with Crippen LogP contribution < -0.4 is 20.4 Å². The van der Waals surface area contributed by atoms with E-state index in [0.29, 0.717) is 47.8 Å². The molecule has 2 spiro atoms. The molecule has 0 unspecified atom stereocenters. The Labute approximate surface area is 381 Å². The van der Waals surface area contributed by atoms with Crippen LogP contribution in [0.25, 0.3) is 0 Å². The predicted molar refractivity (Wildman–Crippen MR) is 252 cm³/mol. The molecule has 2 N–H and O–H groups in total. The molecule has 2 heterocycles. The Hall–Kier alpha value is -6.01. The lowest BCUT2D eigenvalue weighted by atomic mass is 9.80. The average Bonchev–Trinajstić information content (AvgIpc) is 3.58. The first kappa shape index (κ1) is 46.0. The summed E-state index contributed by atoms with van der Waals surface area (Å²) >= 11 is 6.21. The van der Waals surface area contributed by atoms with E-state index in [9.17, 15) is 28.8 Å². The first-order valence-corrected chi connectivity index (χ1v) is 22.9. The van der Waals surface area contributed by atoms with Gasteiger partial charge in [0.15, 0.2) is 0 Å². The number of nitrogens with zero attached hydrogens (tertiary/aromatic N) is 4. The van der Waals surface area contributed by atoms with E-state index in [-0.39, 0.29) is 36.7 Å². The summed E-state index contributed by atoms with van der Waals surface area (Å²) < 4.78 is 0. The molecule has 2 saturated heterocycles. The van der Waals surface area contributed by atoms with Gasteiger partial charge < -0.3 is 10.6 Å². The number of urea groups is 2. The second-order valence-electron chi connectivity index (χ2n) is 18.1. The number of hydrogen-bond donors (Lipinski definition) is 2. The summed E-state index contributed by atoms with van der Waals surface area (Å²) in [7, 11) is 0. The van der Waals surface area contributed by atoms with Gasteiger partial charge in [-0.3, -0.25) is 38.8 Å². The van der Waals surface area contributed by atoms with Crippen LogP contribution >= 0.6 is 11.6 Å². The van der Waals surface area contributed by atoms with Gasteiger partial charge in [0.1, 0.15) is 24.2 Å². The molecule has 2 aliphatic carbocycles. The summed E-state index contributed by atoms with van der Waals surface area (Å²) in [4.78, 5) is 85.5. The van der Waals surface area contributed by atoms with Crippen molar-refractivity contribution in [2.45, 2.75) is 123 Å². The Morgan fingerprint density at radius 3 is 1.36 bits per heavy atom. The zero-order chi connectivity index (χ0) is 45.9. The van der Waals surface area contributed by atoms with Crippen molar-refractivity contribution in [3.8, 4) is 0 Å². The standard InChI is InChI=1S/C27H33N3O3.C24H26ClN3O3/c1-18(2)22-10-8-9-20(4)24(22)28-23(31)17-29-25(32)27(15-6-5-7-16-27)30(26(29)33)21-13-11-19(3)12-14-21;1-16-9-11-18(12-10-16)28-23(31)27(22(30)24(28)13-4-3-5-14-24)15-20(29)26-21-17(2)7-6-8-19(21)25/h8-14,18H,5-7,15-17H2,1-4H3,(H,28,31);6-12H,3-5,13-15H2,1-2H3,(H,26,29). The van der Waals surface area contributed by atoms with Crippen molar-refractivity contribution < 1.29 is 28.8 Å². The van der Waals surface area contributed by atoms with Crippen molar-refractivity contribution in [3.63, 3.8) is 0 Å². The monoisotopic (exact) mass is 886 g/mol. The van der Waals surface area contributed by atoms with Crippen molar-refractivity contribution in [2.75, 3.05) is 33.5 Å². The van der Waals surface area contributed by atoms with Crippen LogP contribution in [0.1, 0.15) is 112 Å². The summed E-state index contributed by atoms with van der Waals surface area (Å²) in [6.07, 6.45) is 8.08. The number of nitrogens with one attached hydrogen (secondary N) is 2. The zero-order valence-electron chi connectivity index (χ0n) is 37.8. The summed E-state index contributed by atoms with van der Waals surface area (Å²) in [5, 5.41) is 6.16. The van der Waals surface area contributed by atoms with Gasteiger partial charge in [0.2, 0.25) is 11.8 Å². The molecule has 0 radical (unpaired) electrons. The van der Waals surface area contributed by atoms with Gasteiger partial charge in [-0.05, 0) is 106 Å². The van der Waals surface area contributed by atoms with E-state index in [0.717, 1.165) is 81.8 Å². The quantitative estimate of drug-likeness (QED) is 0.160. The number of amides is 8. The van der Waals surface area contributed by atoms with Crippen LogP contribution in [0, 0.1) is 27.7 Å². The van der Waals surface area contributed by atoms with Crippen LogP contribution in [-0.2, 0) is 19.2 Å². The van der Waals surface area contributed by atoms with E-state index in [4.69, 9.17) is 11.6 Å². The fourth-order valence-corrected chi connectivity index (χ4v) is 10.1. The largest absolute Gasteiger partial charge is 0.332 e. The molecule has 2 aliphatic heterocycles. The van der Waals surface area contributed by atoms with Gasteiger partial charge in [0.25, 0.3) is 11.8 Å². The minimum Gasteiger partial charge on any atom is -0.324 e. The van der Waals surface area contributed by atoms with Crippen LogP contribution in [0.2, 0.25) is 5.02 Å². The van der Waals surface area contributed by atoms with E-state index in [2.05, 4.69) is 24.5 Å². The van der Waals surface area contributed by atoms with Crippen LogP contribution in [-0.4, -0.2) is 69.7 Å². The predicted octanol–water partition coefficient (Wildman–Crippen LogP) is 10.6. The second kappa shape index (κ2) is 19.0. The number of carbonyl (C=O) groups excluding carboxylic acids is 6. The fourth-order valence-electron chi connectivity index (χ4n) is 9.78. The van der Waals surface area contributed by atoms with Crippen molar-refractivity contribution in [2.24, 2.45) is 0 Å². The number of halogens is 1. The van der Waals surface area contributed by atoms with Crippen molar-refractivity contribution in [1.82, 2.24) is 9.80 Å². The van der Waals surface area contributed by atoms with Gasteiger partial charge in [-0.1, -0.05) is 130 Å². The lowest BCUT2D eigenvalue weighted by molar-refractivity contribution is -0.134. The maximum absolute atomic E-state index is 13.7. The summed E-state index contributed by atoms with van der Waals surface area (Å²) in [6.45, 7) is 11.3. The lowest BCUT2D eigenvalue weighted by Crippen LogP contribution is -2.51. The number of aryl methyl sites for hydroxylation is 4.